The lowest BCUT2D eigenvalue weighted by Crippen LogP contribution is -2.35. The molecule has 1 unspecified atom stereocenters. The Labute approximate surface area is 105 Å². The highest BCUT2D eigenvalue weighted by Crippen LogP contribution is 2.18. The normalized spacial score (nSPS) is 13.0. The van der Waals surface area contributed by atoms with E-state index in [1.807, 2.05) is 12.1 Å². The van der Waals surface area contributed by atoms with Gasteiger partial charge in [-0.05, 0) is 37.6 Å². The molecule has 96 valence electrons. The minimum absolute atomic E-state index is 0.422. The summed E-state index contributed by atoms with van der Waals surface area (Å²) in [4.78, 5) is 2.39. The fourth-order valence-electron chi connectivity index (χ4n) is 2.02. The molecular formula is C14H24N2O. The molecule has 1 rings (SSSR count). The van der Waals surface area contributed by atoms with Gasteiger partial charge < -0.3 is 10.5 Å². The van der Waals surface area contributed by atoms with Crippen molar-refractivity contribution in [1.82, 2.24) is 4.90 Å². The largest absolute Gasteiger partial charge is 0.399 e. The van der Waals surface area contributed by atoms with Gasteiger partial charge in [-0.1, -0.05) is 19.1 Å². The predicted octanol–water partition coefficient (Wildman–Crippen LogP) is 2.43. The summed E-state index contributed by atoms with van der Waals surface area (Å²) in [5.74, 6) is 0. The highest BCUT2D eigenvalue weighted by Gasteiger charge is 2.13. The molecule has 0 heterocycles. The summed E-state index contributed by atoms with van der Waals surface area (Å²) in [5.41, 5.74) is 9.29. The van der Waals surface area contributed by atoms with Crippen LogP contribution >= 0.6 is 0 Å². The smallest absolute Gasteiger partial charge is 0.0615 e. The van der Waals surface area contributed by atoms with Crippen molar-refractivity contribution in [2.75, 3.05) is 26.0 Å². The Kier molecular flexibility index (Phi) is 5.45. The Hall–Kier alpha value is -1.06. The number of methoxy groups -OCH3 is 1. The van der Waals surface area contributed by atoms with Crippen LogP contribution in [-0.2, 0) is 11.3 Å². The van der Waals surface area contributed by atoms with Crippen molar-refractivity contribution < 1.29 is 4.74 Å². The molecular weight excluding hydrogens is 212 g/mol. The molecule has 1 atom stereocenters. The molecule has 2 N–H and O–H groups in total. The quantitative estimate of drug-likeness (QED) is 0.771. The van der Waals surface area contributed by atoms with Crippen molar-refractivity contribution in [2.24, 2.45) is 0 Å². The zero-order valence-corrected chi connectivity index (χ0v) is 11.4. The van der Waals surface area contributed by atoms with Gasteiger partial charge in [-0.2, -0.15) is 0 Å². The predicted molar refractivity (Wildman–Crippen MR) is 73.0 cm³/mol. The van der Waals surface area contributed by atoms with Gasteiger partial charge >= 0.3 is 0 Å². The van der Waals surface area contributed by atoms with E-state index < -0.39 is 0 Å². The number of nitrogens with zero attached hydrogens (tertiary/aromatic N) is 1. The lowest BCUT2D eigenvalue weighted by Gasteiger charge is -2.28. The Bertz CT molecular complexity index is 352. The summed E-state index contributed by atoms with van der Waals surface area (Å²) in [5, 5.41) is 0. The molecule has 0 aliphatic carbocycles. The number of ether oxygens (including phenoxy) is 1. The van der Waals surface area contributed by atoms with Gasteiger partial charge in [-0.25, -0.2) is 0 Å². The Morgan fingerprint density at radius 2 is 2.12 bits per heavy atom. The van der Waals surface area contributed by atoms with E-state index in [2.05, 4.69) is 31.7 Å². The fourth-order valence-corrected chi connectivity index (χ4v) is 2.02. The number of hydrogen-bond acceptors (Lipinski definition) is 3. The summed E-state index contributed by atoms with van der Waals surface area (Å²) in [6.45, 7) is 9.15. The van der Waals surface area contributed by atoms with Crippen LogP contribution in [0.15, 0.2) is 18.2 Å². The molecule has 0 saturated heterocycles. The molecule has 0 saturated carbocycles. The Balaban J connectivity index is 2.77. The molecule has 0 radical (unpaired) electrons. The third-order valence-corrected chi connectivity index (χ3v) is 3.30. The molecule has 0 bridgehead atoms. The second kappa shape index (κ2) is 6.62. The SMILES string of the molecule is CCN(Cc1cccc(N)c1C)C(C)COC. The Morgan fingerprint density at radius 3 is 2.71 bits per heavy atom. The van der Waals surface area contributed by atoms with Gasteiger partial charge in [0.05, 0.1) is 6.61 Å². The van der Waals surface area contributed by atoms with Gasteiger partial charge in [-0.15, -0.1) is 0 Å². The number of benzene rings is 1. The zero-order chi connectivity index (χ0) is 12.8. The summed E-state index contributed by atoms with van der Waals surface area (Å²) >= 11 is 0. The van der Waals surface area contributed by atoms with Gasteiger partial charge in [0, 0.05) is 25.4 Å². The zero-order valence-electron chi connectivity index (χ0n) is 11.4. The lowest BCUT2D eigenvalue weighted by molar-refractivity contribution is 0.0981. The van der Waals surface area contributed by atoms with E-state index in [4.69, 9.17) is 10.5 Å². The highest BCUT2D eigenvalue weighted by atomic mass is 16.5. The average Bonchev–Trinajstić information content (AvgIpc) is 2.31. The van der Waals surface area contributed by atoms with E-state index in [1.54, 1.807) is 7.11 Å². The number of rotatable bonds is 6. The topological polar surface area (TPSA) is 38.5 Å². The maximum Gasteiger partial charge on any atom is 0.0615 e. The number of likely N-dealkylation sites (N-methyl/N-ethyl adjacent to an activating group) is 1. The second-order valence-electron chi connectivity index (χ2n) is 4.50. The molecule has 0 aliphatic rings. The summed E-state index contributed by atoms with van der Waals surface area (Å²) in [6, 6.07) is 6.54. The van der Waals surface area contributed by atoms with Crippen LogP contribution in [0.3, 0.4) is 0 Å². The summed E-state index contributed by atoms with van der Waals surface area (Å²) in [7, 11) is 1.75. The van der Waals surface area contributed by atoms with Crippen molar-refractivity contribution in [3.63, 3.8) is 0 Å². The molecule has 3 heteroatoms. The Morgan fingerprint density at radius 1 is 1.41 bits per heavy atom. The van der Waals surface area contributed by atoms with Crippen LogP contribution in [0.4, 0.5) is 5.69 Å². The lowest BCUT2D eigenvalue weighted by atomic mass is 10.1. The summed E-state index contributed by atoms with van der Waals surface area (Å²) < 4.78 is 5.21. The van der Waals surface area contributed by atoms with E-state index in [9.17, 15) is 0 Å². The molecule has 0 amide bonds. The first-order chi connectivity index (χ1) is 8.10. The molecule has 17 heavy (non-hydrogen) atoms. The number of hydrogen-bond donors (Lipinski definition) is 1. The third-order valence-electron chi connectivity index (χ3n) is 3.30. The van der Waals surface area contributed by atoms with Crippen LogP contribution in [0, 0.1) is 6.92 Å². The second-order valence-corrected chi connectivity index (χ2v) is 4.50. The van der Waals surface area contributed by atoms with Crippen molar-refractivity contribution in [3.05, 3.63) is 29.3 Å². The maximum atomic E-state index is 5.93. The van der Waals surface area contributed by atoms with Crippen LogP contribution in [0.2, 0.25) is 0 Å². The number of anilines is 1. The van der Waals surface area contributed by atoms with Gasteiger partial charge in [0.15, 0.2) is 0 Å². The van der Waals surface area contributed by atoms with Crippen LogP contribution in [-0.4, -0.2) is 31.2 Å². The molecule has 3 nitrogen and oxygen atoms in total. The maximum absolute atomic E-state index is 5.93. The minimum Gasteiger partial charge on any atom is -0.399 e. The first-order valence-corrected chi connectivity index (χ1v) is 6.17. The molecule has 0 spiro atoms. The highest BCUT2D eigenvalue weighted by molar-refractivity contribution is 5.49. The fraction of sp³-hybridized carbons (Fsp3) is 0.571. The van der Waals surface area contributed by atoms with Gasteiger partial charge in [0.1, 0.15) is 0 Å². The summed E-state index contributed by atoms with van der Waals surface area (Å²) in [6.07, 6.45) is 0. The first kappa shape index (κ1) is 14.0. The number of nitrogens with two attached hydrogens (primary N) is 1. The molecule has 0 fully saturated rings. The van der Waals surface area contributed by atoms with Crippen LogP contribution in [0.25, 0.3) is 0 Å². The van der Waals surface area contributed by atoms with Crippen molar-refractivity contribution in [1.29, 1.82) is 0 Å². The monoisotopic (exact) mass is 236 g/mol. The first-order valence-electron chi connectivity index (χ1n) is 6.17. The van der Waals surface area contributed by atoms with E-state index in [0.29, 0.717) is 6.04 Å². The van der Waals surface area contributed by atoms with Crippen LogP contribution in [0.1, 0.15) is 25.0 Å². The van der Waals surface area contributed by atoms with E-state index >= 15 is 0 Å². The van der Waals surface area contributed by atoms with Crippen molar-refractivity contribution in [2.45, 2.75) is 33.4 Å². The third kappa shape index (κ3) is 3.72. The minimum atomic E-state index is 0.422. The molecule has 0 aromatic heterocycles. The number of nitrogen functional groups attached to an aromatic ring is 1. The molecule has 1 aromatic rings. The molecule has 0 aliphatic heterocycles. The average molecular weight is 236 g/mol. The van der Waals surface area contributed by atoms with E-state index in [0.717, 1.165) is 25.4 Å². The van der Waals surface area contributed by atoms with Gasteiger partial charge in [-0.3, -0.25) is 4.90 Å². The van der Waals surface area contributed by atoms with Gasteiger partial charge in [0.2, 0.25) is 0 Å². The van der Waals surface area contributed by atoms with Crippen molar-refractivity contribution >= 4 is 5.69 Å². The van der Waals surface area contributed by atoms with E-state index in [1.165, 1.54) is 11.1 Å². The van der Waals surface area contributed by atoms with E-state index in [-0.39, 0.29) is 0 Å². The van der Waals surface area contributed by atoms with Gasteiger partial charge in [0.25, 0.3) is 0 Å². The van der Waals surface area contributed by atoms with Crippen LogP contribution < -0.4 is 5.73 Å². The van der Waals surface area contributed by atoms with Crippen molar-refractivity contribution in [3.8, 4) is 0 Å². The molecule has 1 aromatic carbocycles. The van der Waals surface area contributed by atoms with Crippen LogP contribution in [0.5, 0.6) is 0 Å². The standard InChI is InChI=1S/C14H24N2O/c1-5-16(11(2)10-17-4)9-13-7-6-8-14(15)12(13)3/h6-8,11H,5,9-10,15H2,1-4H3.